The lowest BCUT2D eigenvalue weighted by atomic mass is 9.99. The van der Waals surface area contributed by atoms with Crippen molar-refractivity contribution in [3.8, 4) is 0 Å². The lowest BCUT2D eigenvalue weighted by molar-refractivity contribution is -0.134. The number of nitrogens with zero attached hydrogens (tertiary/aromatic N) is 1. The van der Waals surface area contributed by atoms with Crippen molar-refractivity contribution >= 4 is 17.8 Å². The Balaban J connectivity index is 0.000000512. The Kier molecular flexibility index (Phi) is 12.6. The van der Waals surface area contributed by atoms with Crippen LogP contribution in [0.25, 0.3) is 0 Å². The van der Waals surface area contributed by atoms with Gasteiger partial charge in [-0.05, 0) is 42.6 Å². The molecule has 4 N–H and O–H groups in total. The monoisotopic (exact) mass is 427 g/mol. The number of benzene rings is 1. The summed E-state index contributed by atoms with van der Waals surface area (Å²) in [5.41, 5.74) is 2.28. The van der Waals surface area contributed by atoms with Crippen molar-refractivity contribution in [1.82, 2.24) is 15.6 Å². The summed E-state index contributed by atoms with van der Waals surface area (Å²) in [6.45, 7) is 3.37. The van der Waals surface area contributed by atoms with Gasteiger partial charge in [-0.2, -0.15) is 0 Å². The van der Waals surface area contributed by atoms with Gasteiger partial charge in [0.2, 0.25) is 5.91 Å². The third kappa shape index (κ3) is 12.6. The minimum absolute atomic E-state index is 0.0267. The molecular formula is C23H29N3O5. The first-order valence-corrected chi connectivity index (χ1v) is 10.00. The highest BCUT2D eigenvalue weighted by Crippen LogP contribution is 2.17. The molecule has 0 saturated carbocycles. The molecule has 1 atom stereocenters. The molecule has 0 aliphatic rings. The van der Waals surface area contributed by atoms with E-state index in [1.54, 1.807) is 12.4 Å². The summed E-state index contributed by atoms with van der Waals surface area (Å²) in [6.07, 6.45) is 7.63. The molecule has 1 aromatic carbocycles. The Bertz CT molecular complexity index is 810. The molecule has 8 nitrogen and oxygen atoms in total. The Hall–Kier alpha value is -3.52. The van der Waals surface area contributed by atoms with Crippen LogP contribution < -0.4 is 10.6 Å². The first-order chi connectivity index (χ1) is 14.9. The molecule has 2 aromatic rings. The highest BCUT2D eigenvalue weighted by molar-refractivity contribution is 5.89. The molecule has 31 heavy (non-hydrogen) atoms. The Morgan fingerprint density at radius 3 is 2.16 bits per heavy atom. The molecule has 8 heteroatoms. The van der Waals surface area contributed by atoms with E-state index < -0.39 is 11.9 Å². The Morgan fingerprint density at radius 2 is 1.61 bits per heavy atom. The van der Waals surface area contributed by atoms with Crippen LogP contribution in [0, 0.1) is 0 Å². The number of carboxylic acids is 2. The summed E-state index contributed by atoms with van der Waals surface area (Å²) in [7, 11) is 0. The van der Waals surface area contributed by atoms with Crippen LogP contribution >= 0.6 is 0 Å². The smallest absolute Gasteiger partial charge is 0.328 e. The predicted octanol–water partition coefficient (Wildman–Crippen LogP) is 2.58. The molecule has 1 aromatic heterocycles. The van der Waals surface area contributed by atoms with Gasteiger partial charge >= 0.3 is 11.9 Å². The number of nitrogens with one attached hydrogen (secondary N) is 2. The average Bonchev–Trinajstić information content (AvgIpc) is 2.77. The second-order valence-electron chi connectivity index (χ2n) is 6.63. The van der Waals surface area contributed by atoms with E-state index in [9.17, 15) is 14.4 Å². The fraction of sp³-hybridized carbons (Fsp3) is 0.304. The largest absolute Gasteiger partial charge is 0.478 e. The lowest BCUT2D eigenvalue weighted by Crippen LogP contribution is -2.37. The van der Waals surface area contributed by atoms with Crippen molar-refractivity contribution in [2.45, 2.75) is 32.2 Å². The Labute approximate surface area is 182 Å². The molecule has 1 amide bonds. The number of aromatic nitrogens is 1. The van der Waals surface area contributed by atoms with Gasteiger partial charge in [0.15, 0.2) is 0 Å². The zero-order valence-electron chi connectivity index (χ0n) is 17.5. The van der Waals surface area contributed by atoms with Crippen LogP contribution in [-0.4, -0.2) is 46.1 Å². The summed E-state index contributed by atoms with van der Waals surface area (Å²) in [5, 5.41) is 21.9. The van der Waals surface area contributed by atoms with Crippen molar-refractivity contribution in [3.63, 3.8) is 0 Å². The molecule has 1 unspecified atom stereocenters. The van der Waals surface area contributed by atoms with Gasteiger partial charge in [-0.25, -0.2) is 9.59 Å². The van der Waals surface area contributed by atoms with E-state index in [-0.39, 0.29) is 11.9 Å². The molecule has 0 aliphatic carbocycles. The van der Waals surface area contributed by atoms with Gasteiger partial charge in [0, 0.05) is 24.5 Å². The number of carbonyl (C=O) groups excluding carboxylic acids is 1. The number of carboxylic acid groups (broad SMARTS) is 2. The quantitative estimate of drug-likeness (QED) is 0.320. The van der Waals surface area contributed by atoms with Crippen LogP contribution in [0.4, 0.5) is 0 Å². The van der Waals surface area contributed by atoms with E-state index >= 15 is 0 Å². The number of hydrogen-bond donors (Lipinski definition) is 4. The van der Waals surface area contributed by atoms with Crippen LogP contribution in [0.1, 0.15) is 36.9 Å². The van der Waals surface area contributed by atoms with Crippen molar-refractivity contribution in [3.05, 3.63) is 78.1 Å². The topological polar surface area (TPSA) is 129 Å². The third-order valence-corrected chi connectivity index (χ3v) is 4.09. The molecule has 0 fully saturated rings. The fourth-order valence-electron chi connectivity index (χ4n) is 2.59. The van der Waals surface area contributed by atoms with E-state index in [4.69, 9.17) is 10.2 Å². The molecule has 0 saturated heterocycles. The van der Waals surface area contributed by atoms with Gasteiger partial charge in [-0.1, -0.05) is 43.7 Å². The van der Waals surface area contributed by atoms with Crippen LogP contribution in [0.15, 0.2) is 67.0 Å². The van der Waals surface area contributed by atoms with Gasteiger partial charge < -0.3 is 20.8 Å². The second kappa shape index (κ2) is 15.3. The van der Waals surface area contributed by atoms with E-state index in [0.29, 0.717) is 18.7 Å². The number of carbonyl (C=O) groups is 3. The van der Waals surface area contributed by atoms with Crippen LogP contribution in [-0.2, 0) is 20.8 Å². The van der Waals surface area contributed by atoms with Crippen LogP contribution in [0.5, 0.6) is 0 Å². The number of unbranched alkanes of at least 4 members (excludes halogenated alkanes) is 1. The van der Waals surface area contributed by atoms with E-state index in [1.807, 2.05) is 30.3 Å². The SMILES string of the molecule is CCCCNCC(=O)NC(Cc1ccccc1)c1ccncc1.O=C(O)C=CC(=O)O. The lowest BCUT2D eigenvalue weighted by Gasteiger charge is -2.19. The molecule has 0 radical (unpaired) electrons. The fourth-order valence-corrected chi connectivity index (χ4v) is 2.59. The summed E-state index contributed by atoms with van der Waals surface area (Å²) < 4.78 is 0. The molecule has 2 rings (SSSR count). The van der Waals surface area contributed by atoms with E-state index in [2.05, 4.69) is 34.7 Å². The highest BCUT2D eigenvalue weighted by Gasteiger charge is 2.15. The van der Waals surface area contributed by atoms with Crippen molar-refractivity contribution < 1.29 is 24.6 Å². The molecule has 0 aliphatic heterocycles. The first-order valence-electron chi connectivity index (χ1n) is 10.00. The molecular weight excluding hydrogens is 398 g/mol. The van der Waals surface area contributed by atoms with E-state index in [1.165, 1.54) is 5.56 Å². The summed E-state index contributed by atoms with van der Waals surface area (Å²) in [6, 6.07) is 14.1. The maximum Gasteiger partial charge on any atom is 0.328 e. The molecule has 1 heterocycles. The predicted molar refractivity (Wildman–Crippen MR) is 117 cm³/mol. The van der Waals surface area contributed by atoms with Gasteiger partial charge in [-0.3, -0.25) is 9.78 Å². The number of aliphatic carboxylic acids is 2. The van der Waals surface area contributed by atoms with E-state index in [0.717, 1.165) is 31.4 Å². The maximum atomic E-state index is 12.2. The number of hydrogen-bond acceptors (Lipinski definition) is 5. The zero-order valence-corrected chi connectivity index (χ0v) is 17.5. The molecule has 0 spiro atoms. The van der Waals surface area contributed by atoms with Crippen molar-refractivity contribution in [2.24, 2.45) is 0 Å². The van der Waals surface area contributed by atoms with Crippen LogP contribution in [0.2, 0.25) is 0 Å². The maximum absolute atomic E-state index is 12.2. The van der Waals surface area contributed by atoms with Gasteiger partial charge in [0.05, 0.1) is 12.6 Å². The third-order valence-electron chi connectivity index (χ3n) is 4.09. The Morgan fingerprint density at radius 1 is 1.00 bits per heavy atom. The summed E-state index contributed by atoms with van der Waals surface area (Å²) in [4.78, 5) is 35.4. The van der Waals surface area contributed by atoms with Crippen molar-refractivity contribution in [1.29, 1.82) is 0 Å². The van der Waals surface area contributed by atoms with Crippen molar-refractivity contribution in [2.75, 3.05) is 13.1 Å². The minimum Gasteiger partial charge on any atom is -0.478 e. The summed E-state index contributed by atoms with van der Waals surface area (Å²) in [5.74, 6) is -2.49. The summed E-state index contributed by atoms with van der Waals surface area (Å²) >= 11 is 0. The standard InChI is InChI=1S/C19H25N3O.C4H4O4/c1-2-3-11-21-15-19(23)22-18(17-9-12-20-13-10-17)14-16-7-5-4-6-8-16;5-3(6)1-2-4(7)8/h4-10,12-13,18,21H,2-3,11,14-15H2,1H3,(H,22,23);1-2H,(H,5,6)(H,7,8). The van der Waals surface area contributed by atoms with Crippen LogP contribution in [0.3, 0.4) is 0 Å². The van der Waals surface area contributed by atoms with Gasteiger partial charge in [-0.15, -0.1) is 0 Å². The number of amides is 1. The first kappa shape index (κ1) is 25.5. The van der Waals surface area contributed by atoms with Gasteiger partial charge in [0.1, 0.15) is 0 Å². The molecule has 0 bridgehead atoms. The zero-order chi connectivity index (χ0) is 22.9. The average molecular weight is 428 g/mol. The number of pyridine rings is 1. The number of rotatable bonds is 11. The molecule has 166 valence electrons. The minimum atomic E-state index is -1.26. The second-order valence-corrected chi connectivity index (χ2v) is 6.63. The van der Waals surface area contributed by atoms with Gasteiger partial charge in [0.25, 0.3) is 0 Å². The normalized spacial score (nSPS) is 11.3. The highest BCUT2D eigenvalue weighted by atomic mass is 16.4.